The summed E-state index contributed by atoms with van der Waals surface area (Å²) in [5.74, 6) is -0.369. The van der Waals surface area contributed by atoms with E-state index in [-0.39, 0.29) is 12.6 Å². The molecule has 1 unspecified atom stereocenters. The number of unbranched alkanes of at least 4 members (excludes halogenated alkanes) is 6. The zero-order valence-electron chi connectivity index (χ0n) is 15.6. The number of carbonyl (C=O) groups excluding carboxylic acids is 2. The SMILES string of the molecule is CCCCCCOC(=O)C(CCCCCC)NC(=O)OCCOC. The highest BCUT2D eigenvalue weighted by atomic mass is 16.6. The largest absolute Gasteiger partial charge is 0.464 e. The van der Waals surface area contributed by atoms with Crippen LogP contribution >= 0.6 is 0 Å². The summed E-state index contributed by atoms with van der Waals surface area (Å²) in [4.78, 5) is 23.9. The molecular weight excluding hydrogens is 310 g/mol. The first-order valence-electron chi connectivity index (χ1n) is 9.24. The van der Waals surface area contributed by atoms with Crippen LogP contribution in [0.3, 0.4) is 0 Å². The number of rotatable bonds is 15. The Labute approximate surface area is 146 Å². The van der Waals surface area contributed by atoms with Gasteiger partial charge in [-0.05, 0) is 12.8 Å². The highest BCUT2D eigenvalue weighted by Gasteiger charge is 2.22. The van der Waals surface area contributed by atoms with E-state index in [9.17, 15) is 9.59 Å². The Kier molecular flexibility index (Phi) is 15.7. The minimum absolute atomic E-state index is 0.164. The van der Waals surface area contributed by atoms with Crippen LogP contribution in [-0.2, 0) is 19.0 Å². The molecule has 6 nitrogen and oxygen atoms in total. The molecule has 0 heterocycles. The Morgan fingerprint density at radius 1 is 0.833 bits per heavy atom. The van der Waals surface area contributed by atoms with Crippen molar-refractivity contribution in [2.75, 3.05) is 26.9 Å². The van der Waals surface area contributed by atoms with Crippen LogP contribution < -0.4 is 5.32 Å². The number of nitrogens with one attached hydrogen (secondary N) is 1. The van der Waals surface area contributed by atoms with E-state index in [0.29, 0.717) is 19.6 Å². The molecule has 142 valence electrons. The van der Waals surface area contributed by atoms with E-state index in [1.807, 2.05) is 0 Å². The van der Waals surface area contributed by atoms with E-state index >= 15 is 0 Å². The lowest BCUT2D eigenvalue weighted by Gasteiger charge is -2.17. The number of esters is 1. The minimum atomic E-state index is -0.636. The van der Waals surface area contributed by atoms with Gasteiger partial charge in [0.25, 0.3) is 0 Å². The van der Waals surface area contributed by atoms with Crippen molar-refractivity contribution >= 4 is 12.1 Å². The van der Waals surface area contributed by atoms with Gasteiger partial charge in [0.15, 0.2) is 0 Å². The van der Waals surface area contributed by atoms with Gasteiger partial charge in [-0.1, -0.05) is 58.8 Å². The van der Waals surface area contributed by atoms with E-state index in [1.165, 1.54) is 7.11 Å². The van der Waals surface area contributed by atoms with E-state index in [0.717, 1.165) is 51.4 Å². The summed E-state index contributed by atoms with van der Waals surface area (Å²) in [5.41, 5.74) is 0. The van der Waals surface area contributed by atoms with Gasteiger partial charge in [-0.2, -0.15) is 0 Å². The van der Waals surface area contributed by atoms with Crippen molar-refractivity contribution < 1.29 is 23.8 Å². The first kappa shape index (κ1) is 22.7. The lowest BCUT2D eigenvalue weighted by molar-refractivity contribution is -0.146. The molecule has 0 aliphatic carbocycles. The highest BCUT2D eigenvalue weighted by molar-refractivity contribution is 5.81. The van der Waals surface area contributed by atoms with Crippen LogP contribution in [0.4, 0.5) is 4.79 Å². The van der Waals surface area contributed by atoms with Crippen molar-refractivity contribution in [2.45, 2.75) is 77.7 Å². The lowest BCUT2D eigenvalue weighted by atomic mass is 10.1. The third-order valence-electron chi connectivity index (χ3n) is 3.69. The van der Waals surface area contributed by atoms with Crippen LogP contribution in [0.1, 0.15) is 71.6 Å². The molecule has 0 rings (SSSR count). The third kappa shape index (κ3) is 13.2. The molecule has 0 radical (unpaired) electrons. The van der Waals surface area contributed by atoms with Crippen molar-refractivity contribution in [1.29, 1.82) is 0 Å². The fourth-order valence-corrected chi connectivity index (χ4v) is 2.23. The molecule has 0 bridgehead atoms. The number of amides is 1. The summed E-state index contributed by atoms with van der Waals surface area (Å²) in [7, 11) is 1.54. The Morgan fingerprint density at radius 3 is 2.12 bits per heavy atom. The third-order valence-corrected chi connectivity index (χ3v) is 3.69. The van der Waals surface area contributed by atoms with E-state index < -0.39 is 12.1 Å². The molecule has 0 aromatic carbocycles. The molecule has 1 amide bonds. The van der Waals surface area contributed by atoms with Crippen LogP contribution in [0.15, 0.2) is 0 Å². The molecule has 1 atom stereocenters. The maximum absolute atomic E-state index is 12.2. The van der Waals surface area contributed by atoms with Crippen molar-refractivity contribution in [2.24, 2.45) is 0 Å². The molecule has 0 aromatic rings. The molecule has 24 heavy (non-hydrogen) atoms. The van der Waals surface area contributed by atoms with Gasteiger partial charge in [-0.3, -0.25) is 0 Å². The zero-order chi connectivity index (χ0) is 18.0. The molecule has 0 aliphatic heterocycles. The normalized spacial score (nSPS) is 11.8. The molecule has 1 N–H and O–H groups in total. The smallest absolute Gasteiger partial charge is 0.407 e. The van der Waals surface area contributed by atoms with Gasteiger partial charge in [0, 0.05) is 7.11 Å². The van der Waals surface area contributed by atoms with Crippen LogP contribution in [0.2, 0.25) is 0 Å². The maximum atomic E-state index is 12.2. The van der Waals surface area contributed by atoms with Crippen molar-refractivity contribution in [1.82, 2.24) is 5.32 Å². The highest BCUT2D eigenvalue weighted by Crippen LogP contribution is 2.08. The van der Waals surface area contributed by atoms with Crippen molar-refractivity contribution in [3.63, 3.8) is 0 Å². The van der Waals surface area contributed by atoms with Crippen LogP contribution in [-0.4, -0.2) is 45.0 Å². The number of methoxy groups -OCH3 is 1. The van der Waals surface area contributed by atoms with Crippen LogP contribution in [0.25, 0.3) is 0 Å². The van der Waals surface area contributed by atoms with Crippen LogP contribution in [0, 0.1) is 0 Å². The zero-order valence-corrected chi connectivity index (χ0v) is 15.6. The molecule has 0 fully saturated rings. The van der Waals surface area contributed by atoms with Gasteiger partial charge in [0.05, 0.1) is 13.2 Å². The molecule has 0 aromatic heterocycles. The molecule has 0 aliphatic rings. The van der Waals surface area contributed by atoms with Crippen molar-refractivity contribution in [3.05, 3.63) is 0 Å². The van der Waals surface area contributed by atoms with Gasteiger partial charge in [-0.15, -0.1) is 0 Å². The molecule has 6 heteroatoms. The quantitative estimate of drug-likeness (QED) is 0.361. The summed E-state index contributed by atoms with van der Waals surface area (Å²) in [6, 6.07) is -0.636. The summed E-state index contributed by atoms with van der Waals surface area (Å²) >= 11 is 0. The van der Waals surface area contributed by atoms with Crippen LogP contribution in [0.5, 0.6) is 0 Å². The summed E-state index contributed by atoms with van der Waals surface area (Å²) in [5, 5.41) is 2.61. The molecule has 0 spiro atoms. The number of hydrogen-bond donors (Lipinski definition) is 1. The number of hydrogen-bond acceptors (Lipinski definition) is 5. The topological polar surface area (TPSA) is 73.9 Å². The van der Waals surface area contributed by atoms with Gasteiger partial charge in [-0.25, -0.2) is 9.59 Å². The second-order valence-electron chi connectivity index (χ2n) is 5.90. The van der Waals surface area contributed by atoms with E-state index in [4.69, 9.17) is 14.2 Å². The first-order valence-corrected chi connectivity index (χ1v) is 9.24. The van der Waals surface area contributed by atoms with Gasteiger partial charge in [0.2, 0.25) is 0 Å². The number of alkyl carbamates (subject to hydrolysis) is 1. The maximum Gasteiger partial charge on any atom is 0.407 e. The Morgan fingerprint density at radius 2 is 1.50 bits per heavy atom. The van der Waals surface area contributed by atoms with E-state index in [2.05, 4.69) is 19.2 Å². The lowest BCUT2D eigenvalue weighted by Crippen LogP contribution is -2.42. The Hall–Kier alpha value is -1.30. The van der Waals surface area contributed by atoms with Gasteiger partial charge < -0.3 is 19.5 Å². The molecule has 0 saturated carbocycles. The number of carbonyl (C=O) groups is 2. The Balaban J connectivity index is 4.23. The number of ether oxygens (including phenoxy) is 3. The predicted molar refractivity (Wildman–Crippen MR) is 94.0 cm³/mol. The van der Waals surface area contributed by atoms with E-state index in [1.54, 1.807) is 0 Å². The molecule has 0 saturated heterocycles. The van der Waals surface area contributed by atoms with Gasteiger partial charge >= 0.3 is 12.1 Å². The summed E-state index contributed by atoms with van der Waals surface area (Å²) in [6.07, 6.45) is 8.33. The monoisotopic (exact) mass is 345 g/mol. The Bertz CT molecular complexity index is 323. The summed E-state index contributed by atoms with van der Waals surface area (Å²) < 4.78 is 15.1. The minimum Gasteiger partial charge on any atom is -0.464 e. The molecular formula is C18H35NO5. The summed E-state index contributed by atoms with van der Waals surface area (Å²) in [6.45, 7) is 5.17. The fourth-order valence-electron chi connectivity index (χ4n) is 2.23. The first-order chi connectivity index (χ1) is 11.7. The van der Waals surface area contributed by atoms with Crippen molar-refractivity contribution in [3.8, 4) is 0 Å². The average molecular weight is 345 g/mol. The average Bonchev–Trinajstić information content (AvgIpc) is 2.57. The second-order valence-corrected chi connectivity index (χ2v) is 5.90. The standard InChI is InChI=1S/C18H35NO5/c1-4-6-8-10-12-16(19-18(21)24-15-14-22-3)17(20)23-13-11-9-7-5-2/h16H,4-15H2,1-3H3,(H,19,21). The van der Waals surface area contributed by atoms with Gasteiger partial charge in [0.1, 0.15) is 12.6 Å². The second kappa shape index (κ2) is 16.6. The predicted octanol–water partition coefficient (Wildman–Crippen LogP) is 3.82. The fraction of sp³-hybridized carbons (Fsp3) is 0.889.